The van der Waals surface area contributed by atoms with Gasteiger partial charge in [-0.15, -0.1) is 11.3 Å². The fraction of sp³-hybridized carbons (Fsp3) is 0.333. The molecule has 0 bridgehead atoms. The monoisotopic (exact) mass is 344 g/mol. The molecule has 2 aromatic rings. The number of carbonyl (C=O) groups excluding carboxylic acids is 1. The lowest BCUT2D eigenvalue weighted by molar-refractivity contribution is -0.122. The van der Waals surface area contributed by atoms with E-state index in [1.54, 1.807) is 18.4 Å². The molecule has 2 atom stereocenters. The molecule has 0 saturated carbocycles. The van der Waals surface area contributed by atoms with Crippen LogP contribution in [0.1, 0.15) is 29.7 Å². The fourth-order valence-electron chi connectivity index (χ4n) is 2.53. The summed E-state index contributed by atoms with van der Waals surface area (Å²) in [6, 6.07) is 11.7. The molecule has 0 spiro atoms. The second kappa shape index (κ2) is 7.49. The van der Waals surface area contributed by atoms with Crippen molar-refractivity contribution in [2.24, 2.45) is 5.16 Å². The summed E-state index contributed by atoms with van der Waals surface area (Å²) in [4.78, 5) is 18.7. The maximum atomic E-state index is 12.2. The molecule has 0 fully saturated rings. The second-order valence-electron chi connectivity index (χ2n) is 5.68. The number of oxime groups is 1. The molecule has 2 heterocycles. The molecule has 2 unspecified atom stereocenters. The van der Waals surface area contributed by atoms with E-state index in [4.69, 9.17) is 9.57 Å². The normalized spacial score (nSPS) is 17.8. The zero-order valence-corrected chi connectivity index (χ0v) is 14.5. The van der Waals surface area contributed by atoms with Crippen LogP contribution in [0.4, 0.5) is 0 Å². The summed E-state index contributed by atoms with van der Waals surface area (Å²) >= 11 is 1.59. The summed E-state index contributed by atoms with van der Waals surface area (Å²) in [5, 5.41) is 9.07. The summed E-state index contributed by atoms with van der Waals surface area (Å²) < 4.78 is 5.15. The number of rotatable bonds is 6. The highest BCUT2D eigenvalue weighted by Gasteiger charge is 2.24. The largest absolute Gasteiger partial charge is 0.497 e. The summed E-state index contributed by atoms with van der Waals surface area (Å²) in [5.41, 5.74) is 1.90. The van der Waals surface area contributed by atoms with Gasteiger partial charge in [-0.1, -0.05) is 11.2 Å². The standard InChI is InChI=1S/C18H20N2O3S/c1-12(17-4-3-9-24-17)18(21)19-11-15-10-16(20-23-15)13-5-7-14(22-2)8-6-13/h3-9,12,15H,10-11H2,1-2H3,(H,19,21). The first-order chi connectivity index (χ1) is 11.7. The van der Waals surface area contributed by atoms with Gasteiger partial charge in [0, 0.05) is 11.3 Å². The molecule has 1 N–H and O–H groups in total. The van der Waals surface area contributed by atoms with Crippen LogP contribution >= 0.6 is 11.3 Å². The molecule has 5 nitrogen and oxygen atoms in total. The molecule has 0 saturated heterocycles. The van der Waals surface area contributed by atoms with Crippen LogP contribution in [0.3, 0.4) is 0 Å². The molecule has 0 aliphatic carbocycles. The molecule has 126 valence electrons. The summed E-state index contributed by atoms with van der Waals surface area (Å²) in [5.74, 6) is 0.678. The molecule has 0 radical (unpaired) electrons. The highest BCUT2D eigenvalue weighted by atomic mass is 32.1. The van der Waals surface area contributed by atoms with Gasteiger partial charge in [-0.3, -0.25) is 4.79 Å². The third-order valence-corrected chi connectivity index (χ3v) is 5.08. The summed E-state index contributed by atoms with van der Waals surface area (Å²) in [6.07, 6.45) is 0.557. The minimum Gasteiger partial charge on any atom is -0.497 e. The number of ether oxygens (including phenoxy) is 1. The number of benzene rings is 1. The average Bonchev–Trinajstić information content (AvgIpc) is 3.31. The molecular formula is C18H20N2O3S. The Kier molecular flexibility index (Phi) is 5.15. The SMILES string of the molecule is COc1ccc(C2=NOC(CNC(=O)C(C)c3cccs3)C2)cc1. The Bertz CT molecular complexity index is 710. The Balaban J connectivity index is 1.49. The maximum Gasteiger partial charge on any atom is 0.228 e. The van der Waals surface area contributed by atoms with Gasteiger partial charge in [-0.25, -0.2) is 0 Å². The van der Waals surface area contributed by atoms with E-state index in [1.807, 2.05) is 48.7 Å². The van der Waals surface area contributed by atoms with Gasteiger partial charge < -0.3 is 14.9 Å². The summed E-state index contributed by atoms with van der Waals surface area (Å²) in [6.45, 7) is 2.37. The van der Waals surface area contributed by atoms with Gasteiger partial charge in [-0.05, 0) is 48.2 Å². The van der Waals surface area contributed by atoms with E-state index in [0.717, 1.165) is 21.9 Å². The number of methoxy groups -OCH3 is 1. The van der Waals surface area contributed by atoms with Crippen LogP contribution in [-0.4, -0.2) is 31.4 Å². The van der Waals surface area contributed by atoms with E-state index in [-0.39, 0.29) is 17.9 Å². The predicted molar refractivity (Wildman–Crippen MR) is 94.8 cm³/mol. The number of nitrogens with one attached hydrogen (secondary N) is 1. The average molecular weight is 344 g/mol. The predicted octanol–water partition coefficient (Wildman–Crippen LogP) is 3.17. The van der Waals surface area contributed by atoms with Crippen molar-refractivity contribution in [3.05, 3.63) is 52.2 Å². The van der Waals surface area contributed by atoms with Crippen molar-refractivity contribution in [1.82, 2.24) is 5.32 Å². The quantitative estimate of drug-likeness (QED) is 0.875. The number of hydrogen-bond acceptors (Lipinski definition) is 5. The van der Waals surface area contributed by atoms with Crippen molar-refractivity contribution in [3.8, 4) is 5.75 Å². The first-order valence-electron chi connectivity index (χ1n) is 7.85. The Hall–Kier alpha value is -2.34. The zero-order valence-electron chi connectivity index (χ0n) is 13.7. The Morgan fingerprint density at radius 1 is 1.42 bits per heavy atom. The van der Waals surface area contributed by atoms with Crippen LogP contribution < -0.4 is 10.1 Å². The van der Waals surface area contributed by atoms with Gasteiger partial charge in [0.25, 0.3) is 0 Å². The van der Waals surface area contributed by atoms with Gasteiger partial charge in [0.2, 0.25) is 5.91 Å². The third kappa shape index (κ3) is 3.76. The van der Waals surface area contributed by atoms with E-state index in [1.165, 1.54) is 0 Å². The van der Waals surface area contributed by atoms with Crippen LogP contribution in [0.15, 0.2) is 46.9 Å². The van der Waals surface area contributed by atoms with Gasteiger partial charge in [0.15, 0.2) is 0 Å². The van der Waals surface area contributed by atoms with E-state index in [0.29, 0.717) is 13.0 Å². The van der Waals surface area contributed by atoms with Gasteiger partial charge >= 0.3 is 0 Å². The molecule has 1 aromatic heterocycles. The van der Waals surface area contributed by atoms with E-state index in [2.05, 4.69) is 10.5 Å². The molecule has 1 aromatic carbocycles. The van der Waals surface area contributed by atoms with Crippen molar-refractivity contribution in [2.45, 2.75) is 25.4 Å². The van der Waals surface area contributed by atoms with Crippen LogP contribution in [0, 0.1) is 0 Å². The smallest absolute Gasteiger partial charge is 0.228 e. The lowest BCUT2D eigenvalue weighted by atomic mass is 10.0. The minimum atomic E-state index is -0.145. The molecule has 1 aliphatic rings. The molecule has 6 heteroatoms. The lowest BCUT2D eigenvalue weighted by Crippen LogP contribution is -2.34. The van der Waals surface area contributed by atoms with Crippen LogP contribution in [0.5, 0.6) is 5.75 Å². The number of carbonyl (C=O) groups is 1. The van der Waals surface area contributed by atoms with Gasteiger partial charge in [0.1, 0.15) is 11.9 Å². The van der Waals surface area contributed by atoms with E-state index >= 15 is 0 Å². The number of thiophene rings is 1. The van der Waals surface area contributed by atoms with Crippen molar-refractivity contribution >= 4 is 23.0 Å². The van der Waals surface area contributed by atoms with Crippen molar-refractivity contribution < 1.29 is 14.4 Å². The number of amides is 1. The molecule has 24 heavy (non-hydrogen) atoms. The van der Waals surface area contributed by atoms with Crippen LogP contribution in [-0.2, 0) is 9.63 Å². The fourth-order valence-corrected chi connectivity index (χ4v) is 3.31. The minimum absolute atomic E-state index is 0.0129. The highest BCUT2D eigenvalue weighted by molar-refractivity contribution is 7.10. The van der Waals surface area contributed by atoms with Crippen LogP contribution in [0.25, 0.3) is 0 Å². The first kappa shape index (κ1) is 16.5. The van der Waals surface area contributed by atoms with Gasteiger partial charge in [0.05, 0.1) is 25.3 Å². The number of nitrogens with zero attached hydrogens (tertiary/aromatic N) is 1. The summed E-state index contributed by atoms with van der Waals surface area (Å²) in [7, 11) is 1.64. The Morgan fingerprint density at radius 3 is 2.88 bits per heavy atom. The van der Waals surface area contributed by atoms with E-state index < -0.39 is 0 Å². The molecule has 1 aliphatic heterocycles. The molecular weight excluding hydrogens is 324 g/mol. The molecule has 3 rings (SSSR count). The third-order valence-electron chi connectivity index (χ3n) is 4.02. The molecule has 1 amide bonds. The van der Waals surface area contributed by atoms with E-state index in [9.17, 15) is 4.79 Å². The zero-order chi connectivity index (χ0) is 16.9. The lowest BCUT2D eigenvalue weighted by Gasteiger charge is -2.13. The second-order valence-corrected chi connectivity index (χ2v) is 6.66. The maximum absolute atomic E-state index is 12.2. The topological polar surface area (TPSA) is 59.9 Å². The Labute approximate surface area is 145 Å². The van der Waals surface area contributed by atoms with Crippen molar-refractivity contribution in [2.75, 3.05) is 13.7 Å². The van der Waals surface area contributed by atoms with Crippen molar-refractivity contribution in [3.63, 3.8) is 0 Å². The van der Waals surface area contributed by atoms with Crippen molar-refractivity contribution in [1.29, 1.82) is 0 Å². The van der Waals surface area contributed by atoms with Gasteiger partial charge in [-0.2, -0.15) is 0 Å². The first-order valence-corrected chi connectivity index (χ1v) is 8.73. The Morgan fingerprint density at radius 2 is 2.21 bits per heavy atom. The highest BCUT2D eigenvalue weighted by Crippen LogP contribution is 2.22. The number of hydrogen-bond donors (Lipinski definition) is 1. The van der Waals surface area contributed by atoms with Crippen LogP contribution in [0.2, 0.25) is 0 Å².